The van der Waals surface area contributed by atoms with Gasteiger partial charge in [-0.15, -0.1) is 0 Å². The molecule has 1 aromatic rings. The monoisotopic (exact) mass is 393 g/mol. The molecule has 1 amide bonds. The molecule has 1 aromatic carbocycles. The van der Waals surface area contributed by atoms with Gasteiger partial charge >= 0.3 is 0 Å². The topological polar surface area (TPSA) is 38.4 Å². The highest BCUT2D eigenvalue weighted by atomic mass is 19.1. The quantitative estimate of drug-likeness (QED) is 0.740. The van der Waals surface area contributed by atoms with Gasteiger partial charge in [0.05, 0.1) is 12.7 Å². The maximum absolute atomic E-state index is 13.6. The molecule has 0 saturated carbocycles. The minimum Gasteiger partial charge on any atom is -0.496 e. The maximum Gasteiger partial charge on any atom is 0.280 e. The second-order valence-corrected chi connectivity index (χ2v) is 8.95. The van der Waals surface area contributed by atoms with Crippen molar-refractivity contribution in [2.24, 2.45) is 11.8 Å². The molecule has 2 saturated heterocycles. The number of nitrogens with zero attached hydrogens (tertiary/aromatic N) is 1. The SMILES string of the molecule is COc1ccc(F)cc1C[NH+]1CC[NH+]([C@H](C)C(=O)N2C[C@H](C)C[C@H](C)C2)CC1. The minimum atomic E-state index is -0.219. The fourth-order valence-corrected chi connectivity index (χ4v) is 4.98. The van der Waals surface area contributed by atoms with Crippen LogP contribution in [0.2, 0.25) is 0 Å². The van der Waals surface area contributed by atoms with Gasteiger partial charge in [-0.2, -0.15) is 0 Å². The Kier molecular flexibility index (Phi) is 6.94. The van der Waals surface area contributed by atoms with E-state index in [1.165, 1.54) is 22.3 Å². The van der Waals surface area contributed by atoms with E-state index in [0.29, 0.717) is 17.7 Å². The molecule has 156 valence electrons. The molecule has 3 rings (SSSR count). The van der Waals surface area contributed by atoms with E-state index in [9.17, 15) is 9.18 Å². The van der Waals surface area contributed by atoms with Crippen molar-refractivity contribution in [3.63, 3.8) is 0 Å². The Morgan fingerprint density at radius 3 is 2.46 bits per heavy atom. The van der Waals surface area contributed by atoms with E-state index in [1.54, 1.807) is 19.2 Å². The van der Waals surface area contributed by atoms with E-state index < -0.39 is 0 Å². The predicted molar refractivity (Wildman–Crippen MR) is 107 cm³/mol. The number of carbonyl (C=O) groups is 1. The summed E-state index contributed by atoms with van der Waals surface area (Å²) in [6.45, 7) is 13.1. The summed E-state index contributed by atoms with van der Waals surface area (Å²) in [4.78, 5) is 17.9. The summed E-state index contributed by atoms with van der Waals surface area (Å²) < 4.78 is 19.0. The lowest BCUT2D eigenvalue weighted by Gasteiger charge is -2.38. The van der Waals surface area contributed by atoms with Gasteiger partial charge in [0.2, 0.25) is 0 Å². The maximum atomic E-state index is 13.6. The molecule has 2 N–H and O–H groups in total. The summed E-state index contributed by atoms with van der Waals surface area (Å²) in [5.74, 6) is 2.03. The number of ether oxygens (including phenoxy) is 1. The van der Waals surface area contributed by atoms with Crippen LogP contribution in [-0.2, 0) is 11.3 Å². The Hall–Kier alpha value is -1.66. The summed E-state index contributed by atoms with van der Waals surface area (Å²) in [6, 6.07) is 4.74. The zero-order chi connectivity index (χ0) is 20.3. The van der Waals surface area contributed by atoms with Crippen molar-refractivity contribution in [3.05, 3.63) is 29.6 Å². The summed E-state index contributed by atoms with van der Waals surface area (Å²) in [7, 11) is 1.63. The van der Waals surface area contributed by atoms with Gasteiger partial charge in [-0.05, 0) is 43.4 Å². The van der Waals surface area contributed by atoms with Crippen molar-refractivity contribution in [1.29, 1.82) is 0 Å². The van der Waals surface area contributed by atoms with Crippen molar-refractivity contribution in [1.82, 2.24) is 4.90 Å². The van der Waals surface area contributed by atoms with Crippen LogP contribution in [0.5, 0.6) is 5.75 Å². The van der Waals surface area contributed by atoms with Gasteiger partial charge in [0.25, 0.3) is 5.91 Å². The number of hydrogen-bond acceptors (Lipinski definition) is 2. The van der Waals surface area contributed by atoms with E-state index in [2.05, 4.69) is 25.7 Å². The number of methoxy groups -OCH3 is 1. The van der Waals surface area contributed by atoms with Crippen LogP contribution in [0.3, 0.4) is 0 Å². The Bertz CT molecular complexity index is 666. The first-order valence-corrected chi connectivity index (χ1v) is 10.7. The Balaban J connectivity index is 1.53. The third-order valence-electron chi connectivity index (χ3n) is 6.45. The standard InChI is InChI=1S/C22H34FN3O2/c1-16-11-17(2)14-26(13-16)22(27)18(3)25-9-7-24(8-10-25)15-19-12-20(23)5-6-21(19)28-4/h5-6,12,16-18H,7-11,13-15H2,1-4H3/p+2/t16-,17+,18-/m1/s1. The molecule has 6 heteroatoms. The van der Waals surface area contributed by atoms with E-state index in [0.717, 1.165) is 57.1 Å². The van der Waals surface area contributed by atoms with Crippen molar-refractivity contribution in [2.45, 2.75) is 39.8 Å². The van der Waals surface area contributed by atoms with Crippen molar-refractivity contribution in [2.75, 3.05) is 46.4 Å². The van der Waals surface area contributed by atoms with Crippen molar-refractivity contribution >= 4 is 5.91 Å². The number of carbonyl (C=O) groups excluding carboxylic acids is 1. The third kappa shape index (κ3) is 5.03. The first-order valence-electron chi connectivity index (χ1n) is 10.7. The molecule has 0 radical (unpaired) electrons. The highest BCUT2D eigenvalue weighted by Crippen LogP contribution is 2.21. The number of benzene rings is 1. The lowest BCUT2D eigenvalue weighted by Crippen LogP contribution is -3.29. The van der Waals surface area contributed by atoms with Crippen LogP contribution in [0.1, 0.15) is 32.8 Å². The number of quaternary nitrogens is 2. The van der Waals surface area contributed by atoms with Gasteiger partial charge in [-0.3, -0.25) is 4.79 Å². The number of nitrogens with one attached hydrogen (secondary N) is 2. The molecule has 2 aliphatic rings. The normalized spacial score (nSPS) is 29.4. The first kappa shape index (κ1) is 21.1. The lowest BCUT2D eigenvalue weighted by molar-refractivity contribution is -1.02. The molecule has 0 aliphatic carbocycles. The number of piperazine rings is 1. The van der Waals surface area contributed by atoms with Gasteiger partial charge in [-0.25, -0.2) is 4.39 Å². The highest BCUT2D eigenvalue weighted by molar-refractivity contribution is 5.80. The molecule has 0 unspecified atom stereocenters. The Morgan fingerprint density at radius 1 is 1.21 bits per heavy atom. The molecule has 28 heavy (non-hydrogen) atoms. The van der Waals surface area contributed by atoms with E-state index >= 15 is 0 Å². The molecule has 2 aliphatic heterocycles. The van der Waals surface area contributed by atoms with Gasteiger partial charge < -0.3 is 19.4 Å². The number of amides is 1. The zero-order valence-electron chi connectivity index (χ0n) is 17.8. The minimum absolute atomic E-state index is 0.0164. The molecule has 0 spiro atoms. The van der Waals surface area contributed by atoms with Crippen LogP contribution in [0.4, 0.5) is 4.39 Å². The second kappa shape index (κ2) is 9.23. The van der Waals surface area contributed by atoms with E-state index in [-0.39, 0.29) is 11.9 Å². The van der Waals surface area contributed by atoms with Crippen LogP contribution in [-0.4, -0.2) is 63.2 Å². The summed E-state index contributed by atoms with van der Waals surface area (Å²) >= 11 is 0. The molecule has 3 atom stereocenters. The number of hydrogen-bond donors (Lipinski definition) is 2. The van der Waals surface area contributed by atoms with Crippen LogP contribution in [0, 0.1) is 17.7 Å². The lowest BCUT2D eigenvalue weighted by atomic mass is 9.91. The van der Waals surface area contributed by atoms with Crippen molar-refractivity contribution in [3.8, 4) is 5.75 Å². The van der Waals surface area contributed by atoms with E-state index in [1.807, 2.05) is 0 Å². The van der Waals surface area contributed by atoms with Gasteiger partial charge in [0.15, 0.2) is 6.04 Å². The van der Waals surface area contributed by atoms with E-state index in [4.69, 9.17) is 4.74 Å². The second-order valence-electron chi connectivity index (χ2n) is 8.95. The Morgan fingerprint density at radius 2 is 1.86 bits per heavy atom. The molecule has 2 fully saturated rings. The highest BCUT2D eigenvalue weighted by Gasteiger charge is 2.36. The number of likely N-dealkylation sites (tertiary alicyclic amines) is 1. The summed E-state index contributed by atoms with van der Waals surface area (Å²) in [5.41, 5.74) is 0.918. The molecule has 5 nitrogen and oxygen atoms in total. The first-order chi connectivity index (χ1) is 13.4. The van der Waals surface area contributed by atoms with Gasteiger partial charge in [0, 0.05) is 13.1 Å². The molecule has 2 heterocycles. The smallest absolute Gasteiger partial charge is 0.280 e. The summed E-state index contributed by atoms with van der Waals surface area (Å²) in [5, 5.41) is 0. The number of halogens is 1. The number of rotatable bonds is 5. The largest absolute Gasteiger partial charge is 0.496 e. The molecule has 0 bridgehead atoms. The molecular weight excluding hydrogens is 357 g/mol. The number of piperidine rings is 1. The van der Waals surface area contributed by atoms with Gasteiger partial charge in [-0.1, -0.05) is 13.8 Å². The molecular formula is C22H36FN3O2+2. The van der Waals surface area contributed by atoms with Crippen LogP contribution < -0.4 is 14.5 Å². The van der Waals surface area contributed by atoms with Gasteiger partial charge in [0.1, 0.15) is 44.3 Å². The predicted octanol–water partition coefficient (Wildman–Crippen LogP) is 0.0107. The average Bonchev–Trinajstić information content (AvgIpc) is 2.67. The fraction of sp³-hybridized carbons (Fsp3) is 0.682. The van der Waals surface area contributed by atoms with Crippen LogP contribution in [0.25, 0.3) is 0 Å². The van der Waals surface area contributed by atoms with Crippen molar-refractivity contribution < 1.29 is 23.7 Å². The average molecular weight is 394 g/mol. The Labute approximate surface area is 168 Å². The molecule has 0 aromatic heterocycles. The fourth-order valence-electron chi connectivity index (χ4n) is 4.98. The third-order valence-corrected chi connectivity index (χ3v) is 6.45. The zero-order valence-corrected chi connectivity index (χ0v) is 17.8. The summed E-state index contributed by atoms with van der Waals surface area (Å²) in [6.07, 6.45) is 1.22. The van der Waals surface area contributed by atoms with Crippen LogP contribution >= 0.6 is 0 Å². The van der Waals surface area contributed by atoms with Crippen LogP contribution in [0.15, 0.2) is 18.2 Å².